The molecule has 140 valence electrons. The van der Waals surface area contributed by atoms with Crippen molar-refractivity contribution in [3.8, 4) is 22.0 Å². The third-order valence-electron chi connectivity index (χ3n) is 4.00. The van der Waals surface area contributed by atoms with Crippen molar-refractivity contribution >= 4 is 34.5 Å². The van der Waals surface area contributed by atoms with Crippen LogP contribution in [-0.4, -0.2) is 27.8 Å². The molecule has 2 heterocycles. The smallest absolute Gasteiger partial charge is 0.275 e. The van der Waals surface area contributed by atoms with Gasteiger partial charge in [-0.2, -0.15) is 5.10 Å². The number of thiazole rings is 1. The van der Waals surface area contributed by atoms with Crippen LogP contribution in [0.4, 0.5) is 5.69 Å². The van der Waals surface area contributed by atoms with Crippen LogP contribution in [0, 0.1) is 0 Å². The van der Waals surface area contributed by atoms with Gasteiger partial charge in [0, 0.05) is 22.2 Å². The minimum absolute atomic E-state index is 0.314. The third kappa shape index (κ3) is 3.76. The number of hydrogen-bond donors (Lipinski definition) is 1. The van der Waals surface area contributed by atoms with Gasteiger partial charge in [-0.15, -0.1) is 11.3 Å². The maximum atomic E-state index is 12.6. The number of hydrogen-bond acceptors (Lipinski definition) is 5. The van der Waals surface area contributed by atoms with E-state index in [9.17, 15) is 4.79 Å². The van der Waals surface area contributed by atoms with Crippen molar-refractivity contribution in [3.63, 3.8) is 0 Å². The van der Waals surface area contributed by atoms with Gasteiger partial charge in [0.1, 0.15) is 16.5 Å². The Bertz CT molecular complexity index is 1120. The quantitative estimate of drug-likeness (QED) is 0.507. The number of nitrogens with zero attached hydrogens (tertiary/aromatic N) is 3. The molecule has 1 amide bonds. The van der Waals surface area contributed by atoms with Crippen LogP contribution in [0.5, 0.6) is 5.75 Å². The number of halogens is 1. The number of carbonyl (C=O) groups is 1. The van der Waals surface area contributed by atoms with Gasteiger partial charge in [0.15, 0.2) is 0 Å². The van der Waals surface area contributed by atoms with Crippen molar-refractivity contribution in [2.45, 2.75) is 0 Å². The van der Waals surface area contributed by atoms with E-state index in [0.717, 1.165) is 11.3 Å². The molecule has 4 rings (SSSR count). The minimum Gasteiger partial charge on any atom is -0.495 e. The number of para-hydroxylation sites is 1. The molecular formula is C20H15ClN4O2S. The van der Waals surface area contributed by atoms with Crippen molar-refractivity contribution in [2.75, 3.05) is 12.4 Å². The van der Waals surface area contributed by atoms with Crippen LogP contribution >= 0.6 is 22.9 Å². The van der Waals surface area contributed by atoms with Crippen LogP contribution in [-0.2, 0) is 0 Å². The average Bonchev–Trinajstić information content (AvgIpc) is 3.38. The monoisotopic (exact) mass is 410 g/mol. The Morgan fingerprint density at radius 1 is 1.21 bits per heavy atom. The van der Waals surface area contributed by atoms with Crippen LogP contribution in [0.25, 0.3) is 16.3 Å². The van der Waals surface area contributed by atoms with Crippen LogP contribution < -0.4 is 10.1 Å². The fourth-order valence-corrected chi connectivity index (χ4v) is 3.58. The number of carbonyl (C=O) groups excluding carboxylic acids is 1. The number of amides is 1. The largest absolute Gasteiger partial charge is 0.495 e. The standard InChI is InChI=1S/C20H15ClN4O2S/c1-27-18-8-7-14(21)9-16(18)23-19(26)17-12-28-20(24-17)13-10-22-25(11-13)15-5-3-2-4-6-15/h2-12H,1H3,(H,23,26). The van der Waals surface area contributed by atoms with Crippen molar-refractivity contribution in [3.05, 3.63) is 77.0 Å². The number of nitrogens with one attached hydrogen (secondary N) is 1. The molecular weight excluding hydrogens is 396 g/mol. The zero-order chi connectivity index (χ0) is 19.5. The normalized spacial score (nSPS) is 10.6. The first-order valence-corrected chi connectivity index (χ1v) is 9.60. The van der Waals surface area contributed by atoms with Crippen LogP contribution in [0.1, 0.15) is 10.5 Å². The highest BCUT2D eigenvalue weighted by molar-refractivity contribution is 7.13. The average molecular weight is 411 g/mol. The molecule has 1 N–H and O–H groups in total. The second kappa shape index (κ2) is 7.84. The van der Waals surface area contributed by atoms with E-state index in [1.54, 1.807) is 34.5 Å². The molecule has 0 saturated carbocycles. The Balaban J connectivity index is 1.54. The fraction of sp³-hybridized carbons (Fsp3) is 0.0500. The summed E-state index contributed by atoms with van der Waals surface area (Å²) in [6.07, 6.45) is 3.61. The van der Waals surface area contributed by atoms with Gasteiger partial charge in [0.25, 0.3) is 5.91 Å². The van der Waals surface area contributed by atoms with Crippen LogP contribution in [0.3, 0.4) is 0 Å². The summed E-state index contributed by atoms with van der Waals surface area (Å²) >= 11 is 7.39. The van der Waals surface area contributed by atoms with E-state index in [1.165, 1.54) is 18.4 Å². The summed E-state index contributed by atoms with van der Waals surface area (Å²) in [5.74, 6) is 0.191. The van der Waals surface area contributed by atoms with E-state index >= 15 is 0 Å². The minimum atomic E-state index is -0.335. The highest BCUT2D eigenvalue weighted by atomic mass is 35.5. The van der Waals surface area contributed by atoms with Gasteiger partial charge in [0.2, 0.25) is 0 Å². The Morgan fingerprint density at radius 2 is 2.04 bits per heavy atom. The summed E-state index contributed by atoms with van der Waals surface area (Å²) < 4.78 is 7.03. The second-order valence-electron chi connectivity index (χ2n) is 5.85. The van der Waals surface area contributed by atoms with Crippen molar-refractivity contribution in [1.29, 1.82) is 0 Å². The van der Waals surface area contributed by atoms with E-state index in [1.807, 2.05) is 36.5 Å². The highest BCUT2D eigenvalue weighted by Crippen LogP contribution is 2.29. The number of aromatic nitrogens is 3. The molecule has 0 atom stereocenters. The van der Waals surface area contributed by atoms with E-state index in [2.05, 4.69) is 15.4 Å². The van der Waals surface area contributed by atoms with Crippen LogP contribution in [0.2, 0.25) is 5.02 Å². The first kappa shape index (κ1) is 18.2. The lowest BCUT2D eigenvalue weighted by atomic mass is 10.3. The number of rotatable bonds is 5. The van der Waals surface area contributed by atoms with Crippen molar-refractivity contribution in [2.24, 2.45) is 0 Å². The third-order valence-corrected chi connectivity index (χ3v) is 5.12. The first-order chi connectivity index (χ1) is 13.6. The number of benzene rings is 2. The zero-order valence-corrected chi connectivity index (χ0v) is 16.4. The van der Waals surface area contributed by atoms with Gasteiger partial charge in [-0.1, -0.05) is 29.8 Å². The highest BCUT2D eigenvalue weighted by Gasteiger charge is 2.15. The predicted octanol–water partition coefficient (Wildman–Crippen LogP) is 4.91. The number of ether oxygens (including phenoxy) is 1. The molecule has 0 bridgehead atoms. The topological polar surface area (TPSA) is 69.0 Å². The summed E-state index contributed by atoms with van der Waals surface area (Å²) in [6.45, 7) is 0. The molecule has 0 fully saturated rings. The Kier molecular flexibility index (Phi) is 5.10. The first-order valence-electron chi connectivity index (χ1n) is 8.35. The maximum absolute atomic E-state index is 12.6. The second-order valence-corrected chi connectivity index (χ2v) is 7.14. The maximum Gasteiger partial charge on any atom is 0.275 e. The molecule has 0 spiro atoms. The lowest BCUT2D eigenvalue weighted by molar-refractivity contribution is 0.102. The summed E-state index contributed by atoms with van der Waals surface area (Å²) in [7, 11) is 1.53. The SMILES string of the molecule is COc1ccc(Cl)cc1NC(=O)c1csc(-c2cnn(-c3ccccc3)c2)n1. The number of methoxy groups -OCH3 is 1. The van der Waals surface area contributed by atoms with E-state index in [4.69, 9.17) is 16.3 Å². The summed E-state index contributed by atoms with van der Waals surface area (Å²) in [6, 6.07) is 14.8. The molecule has 0 aliphatic heterocycles. The Labute approximate surface area is 170 Å². The van der Waals surface area contributed by atoms with E-state index in [-0.39, 0.29) is 5.91 Å². The Morgan fingerprint density at radius 3 is 2.82 bits per heavy atom. The van der Waals surface area contributed by atoms with Crippen molar-refractivity contribution < 1.29 is 9.53 Å². The zero-order valence-electron chi connectivity index (χ0n) is 14.8. The van der Waals surface area contributed by atoms with Gasteiger partial charge >= 0.3 is 0 Å². The van der Waals surface area contributed by atoms with Gasteiger partial charge in [-0.25, -0.2) is 9.67 Å². The van der Waals surface area contributed by atoms with Crippen LogP contribution in [0.15, 0.2) is 66.3 Å². The molecule has 0 saturated heterocycles. The Hall–Kier alpha value is -3.16. The van der Waals surface area contributed by atoms with Gasteiger partial charge in [-0.05, 0) is 30.3 Å². The molecule has 4 aromatic rings. The fourth-order valence-electron chi connectivity index (χ4n) is 2.63. The molecule has 0 aliphatic rings. The molecule has 6 nitrogen and oxygen atoms in total. The van der Waals surface area contributed by atoms with Gasteiger partial charge in [-0.3, -0.25) is 4.79 Å². The molecule has 0 radical (unpaired) electrons. The lowest BCUT2D eigenvalue weighted by Crippen LogP contribution is -2.13. The summed E-state index contributed by atoms with van der Waals surface area (Å²) in [4.78, 5) is 17.0. The summed E-state index contributed by atoms with van der Waals surface area (Å²) in [5, 5.41) is 10.1. The molecule has 8 heteroatoms. The molecule has 2 aromatic carbocycles. The van der Waals surface area contributed by atoms with Gasteiger partial charge in [0.05, 0.1) is 24.7 Å². The van der Waals surface area contributed by atoms with E-state index < -0.39 is 0 Å². The lowest BCUT2D eigenvalue weighted by Gasteiger charge is -2.09. The molecule has 0 aliphatic carbocycles. The molecule has 0 unspecified atom stereocenters. The summed E-state index contributed by atoms with van der Waals surface area (Å²) in [5.41, 5.74) is 2.60. The molecule has 2 aromatic heterocycles. The number of anilines is 1. The van der Waals surface area contributed by atoms with Crippen molar-refractivity contribution in [1.82, 2.24) is 14.8 Å². The molecule has 28 heavy (non-hydrogen) atoms. The van der Waals surface area contributed by atoms with Gasteiger partial charge < -0.3 is 10.1 Å². The van der Waals surface area contributed by atoms with E-state index in [0.29, 0.717) is 27.2 Å². The predicted molar refractivity (Wildman–Crippen MR) is 111 cm³/mol.